The molecule has 0 saturated heterocycles. The summed E-state index contributed by atoms with van der Waals surface area (Å²) in [5, 5.41) is 21.7. The number of hydrogen-bond donors (Lipinski definition) is 2. The molecule has 1 heterocycles. The van der Waals surface area contributed by atoms with E-state index in [0.717, 1.165) is 28.1 Å². The van der Waals surface area contributed by atoms with E-state index in [2.05, 4.69) is 12.1 Å². The minimum absolute atomic E-state index is 0.358. The molecule has 3 rings (SSSR count). The molecule has 4 N–H and O–H groups in total. The second-order valence-electron chi connectivity index (χ2n) is 4.88. The van der Waals surface area contributed by atoms with E-state index in [9.17, 15) is 10.5 Å². The highest BCUT2D eigenvalue weighted by molar-refractivity contribution is 8.06. The van der Waals surface area contributed by atoms with Gasteiger partial charge in [0.05, 0.1) is 39.3 Å². The summed E-state index contributed by atoms with van der Waals surface area (Å²) in [6.07, 6.45) is 0. The zero-order valence-electron chi connectivity index (χ0n) is 11.6. The first-order valence-electron chi connectivity index (χ1n) is 6.62. The third-order valence-corrected chi connectivity index (χ3v) is 4.58. The highest BCUT2D eigenvalue weighted by Crippen LogP contribution is 2.44. The Morgan fingerprint density at radius 3 is 2.09 bits per heavy atom. The smallest absolute Gasteiger partial charge is 0.0985 e. The minimum Gasteiger partial charge on any atom is -0.392 e. The van der Waals surface area contributed by atoms with Gasteiger partial charge in [-0.05, 0) is 16.3 Å². The molecular formula is C17H12N4S. The van der Waals surface area contributed by atoms with Gasteiger partial charge in [0.15, 0.2) is 0 Å². The van der Waals surface area contributed by atoms with E-state index in [1.807, 2.05) is 42.5 Å². The monoisotopic (exact) mass is 304 g/mol. The Hall–Kier alpha value is -2.89. The normalized spacial score (nSPS) is 15.7. The lowest BCUT2D eigenvalue weighted by Crippen LogP contribution is -2.18. The van der Waals surface area contributed by atoms with Crippen molar-refractivity contribution in [3.05, 3.63) is 69.2 Å². The van der Waals surface area contributed by atoms with E-state index >= 15 is 0 Å². The summed E-state index contributed by atoms with van der Waals surface area (Å²) in [6.45, 7) is 0. The predicted octanol–water partition coefficient (Wildman–Crippen LogP) is 3.06. The topological polar surface area (TPSA) is 99.6 Å². The Balaban J connectivity index is 2.33. The van der Waals surface area contributed by atoms with Crippen LogP contribution in [0.3, 0.4) is 0 Å². The SMILES string of the molecule is N#CC1=C(N)SC(N)=C(C#N)C1c1cccc2ccccc12. The van der Waals surface area contributed by atoms with Crippen LogP contribution in [0.4, 0.5) is 0 Å². The summed E-state index contributed by atoms with van der Waals surface area (Å²) in [5.41, 5.74) is 13.6. The van der Waals surface area contributed by atoms with Crippen molar-refractivity contribution in [2.75, 3.05) is 0 Å². The maximum absolute atomic E-state index is 9.49. The van der Waals surface area contributed by atoms with Crippen molar-refractivity contribution >= 4 is 22.5 Å². The van der Waals surface area contributed by atoms with Crippen LogP contribution in [0.15, 0.2) is 63.7 Å². The van der Waals surface area contributed by atoms with Crippen LogP contribution in [-0.4, -0.2) is 0 Å². The third kappa shape index (κ3) is 2.09. The van der Waals surface area contributed by atoms with Crippen molar-refractivity contribution in [3.63, 3.8) is 0 Å². The quantitative estimate of drug-likeness (QED) is 0.843. The van der Waals surface area contributed by atoms with Gasteiger partial charge >= 0.3 is 0 Å². The lowest BCUT2D eigenvalue weighted by molar-refractivity contribution is 0.968. The van der Waals surface area contributed by atoms with Crippen molar-refractivity contribution in [1.82, 2.24) is 0 Å². The van der Waals surface area contributed by atoms with Gasteiger partial charge in [-0.1, -0.05) is 54.2 Å². The highest BCUT2D eigenvalue weighted by atomic mass is 32.2. The van der Waals surface area contributed by atoms with E-state index in [-0.39, 0.29) is 0 Å². The second kappa shape index (κ2) is 5.48. The minimum atomic E-state index is -0.512. The molecule has 0 aliphatic carbocycles. The summed E-state index contributed by atoms with van der Waals surface area (Å²) in [4.78, 5) is 0. The number of rotatable bonds is 1. The Kier molecular flexibility index (Phi) is 3.50. The number of benzene rings is 2. The largest absolute Gasteiger partial charge is 0.392 e. The molecule has 4 nitrogen and oxygen atoms in total. The first-order chi connectivity index (χ1) is 10.7. The van der Waals surface area contributed by atoms with E-state index in [0.29, 0.717) is 21.2 Å². The lowest BCUT2D eigenvalue weighted by atomic mass is 9.83. The van der Waals surface area contributed by atoms with Crippen LogP contribution in [0.25, 0.3) is 10.8 Å². The highest BCUT2D eigenvalue weighted by Gasteiger charge is 2.31. The zero-order valence-corrected chi connectivity index (χ0v) is 12.4. The number of allylic oxidation sites excluding steroid dienone is 2. The Bertz CT molecular complexity index is 871. The molecule has 0 saturated carbocycles. The van der Waals surface area contributed by atoms with Crippen molar-refractivity contribution in [1.29, 1.82) is 10.5 Å². The molecule has 0 unspecified atom stereocenters. The molecule has 22 heavy (non-hydrogen) atoms. The van der Waals surface area contributed by atoms with Gasteiger partial charge in [-0.25, -0.2) is 0 Å². The van der Waals surface area contributed by atoms with Crippen molar-refractivity contribution < 1.29 is 0 Å². The summed E-state index contributed by atoms with van der Waals surface area (Å²) in [7, 11) is 0. The lowest BCUT2D eigenvalue weighted by Gasteiger charge is -2.24. The van der Waals surface area contributed by atoms with E-state index in [1.165, 1.54) is 0 Å². The molecule has 0 bridgehead atoms. The fourth-order valence-electron chi connectivity index (χ4n) is 2.71. The Morgan fingerprint density at radius 2 is 1.45 bits per heavy atom. The average Bonchev–Trinajstić information content (AvgIpc) is 2.54. The van der Waals surface area contributed by atoms with Crippen LogP contribution in [-0.2, 0) is 0 Å². The van der Waals surface area contributed by atoms with Crippen LogP contribution in [0.1, 0.15) is 11.5 Å². The molecule has 0 spiro atoms. The average molecular weight is 304 g/mol. The molecule has 0 atom stereocenters. The van der Waals surface area contributed by atoms with Crippen LogP contribution in [0, 0.1) is 22.7 Å². The molecular weight excluding hydrogens is 292 g/mol. The van der Waals surface area contributed by atoms with Gasteiger partial charge in [0.25, 0.3) is 0 Å². The molecule has 0 amide bonds. The molecule has 5 heteroatoms. The second-order valence-corrected chi connectivity index (χ2v) is 5.97. The number of fused-ring (bicyclic) bond motifs is 1. The predicted molar refractivity (Wildman–Crippen MR) is 87.9 cm³/mol. The Morgan fingerprint density at radius 1 is 0.864 bits per heavy atom. The van der Waals surface area contributed by atoms with Crippen molar-refractivity contribution in [2.24, 2.45) is 11.5 Å². The van der Waals surface area contributed by atoms with E-state index in [1.54, 1.807) is 0 Å². The number of thioether (sulfide) groups is 1. The van der Waals surface area contributed by atoms with Gasteiger partial charge in [0, 0.05) is 0 Å². The standard InChI is InChI=1S/C17H12N4S/c18-8-13-15(14(9-19)17(21)22-16(13)20)12-7-3-5-10-4-1-2-6-11(10)12/h1-7,15H,20-21H2. The summed E-state index contributed by atoms with van der Waals surface area (Å²) in [5.74, 6) is -0.512. The number of hydrogen-bond acceptors (Lipinski definition) is 5. The molecule has 0 aromatic heterocycles. The first kappa shape index (κ1) is 14.1. The van der Waals surface area contributed by atoms with E-state index in [4.69, 9.17) is 11.5 Å². The van der Waals surface area contributed by atoms with Gasteiger partial charge < -0.3 is 11.5 Å². The maximum atomic E-state index is 9.49. The van der Waals surface area contributed by atoms with Crippen LogP contribution in [0.2, 0.25) is 0 Å². The fraction of sp³-hybridized carbons (Fsp3) is 0.0588. The Labute approximate surface area is 132 Å². The third-order valence-electron chi connectivity index (χ3n) is 3.70. The molecule has 1 aliphatic heterocycles. The molecule has 0 radical (unpaired) electrons. The van der Waals surface area contributed by atoms with Gasteiger partial charge in [0.1, 0.15) is 0 Å². The van der Waals surface area contributed by atoms with Gasteiger partial charge in [0.2, 0.25) is 0 Å². The zero-order chi connectivity index (χ0) is 15.7. The van der Waals surface area contributed by atoms with E-state index < -0.39 is 5.92 Å². The number of nitrogens with two attached hydrogens (primary N) is 2. The van der Waals surface area contributed by atoms with Crippen LogP contribution in [0.5, 0.6) is 0 Å². The molecule has 2 aromatic rings. The van der Waals surface area contributed by atoms with Crippen molar-refractivity contribution in [2.45, 2.75) is 5.92 Å². The summed E-state index contributed by atoms with van der Waals surface area (Å²) < 4.78 is 0. The molecule has 0 fully saturated rings. The molecule has 106 valence electrons. The molecule has 2 aromatic carbocycles. The van der Waals surface area contributed by atoms with Gasteiger partial charge in [-0.15, -0.1) is 0 Å². The van der Waals surface area contributed by atoms with Gasteiger partial charge in [-0.2, -0.15) is 10.5 Å². The summed E-state index contributed by atoms with van der Waals surface area (Å²) >= 11 is 1.08. The van der Waals surface area contributed by atoms with Crippen molar-refractivity contribution in [3.8, 4) is 12.1 Å². The number of nitriles is 2. The summed E-state index contributed by atoms with van der Waals surface area (Å²) in [6, 6.07) is 18.0. The first-order valence-corrected chi connectivity index (χ1v) is 7.44. The number of nitrogens with zero attached hydrogens (tertiary/aromatic N) is 2. The van der Waals surface area contributed by atoms with Crippen LogP contribution < -0.4 is 11.5 Å². The van der Waals surface area contributed by atoms with Gasteiger partial charge in [-0.3, -0.25) is 0 Å². The molecule has 1 aliphatic rings. The fourth-order valence-corrected chi connectivity index (χ4v) is 3.49. The van der Waals surface area contributed by atoms with Crippen LogP contribution >= 0.6 is 11.8 Å². The maximum Gasteiger partial charge on any atom is 0.0985 e.